The van der Waals surface area contributed by atoms with Crippen LogP contribution in [0.1, 0.15) is 26.2 Å². The molecule has 4 N–H and O–H groups in total. The molecular formula is C11H18N2O5. The molecule has 0 saturated heterocycles. The molecule has 1 amide bonds. The first kappa shape index (κ1) is 14.4. The van der Waals surface area contributed by atoms with Crippen LogP contribution in [0.15, 0.2) is 0 Å². The third-order valence-electron chi connectivity index (χ3n) is 3.19. The Morgan fingerprint density at radius 3 is 2.44 bits per heavy atom. The SMILES string of the molecule is CCOC(=O)C(N)C(=O)NCC1(C(=O)O)CCC1. The van der Waals surface area contributed by atoms with Crippen LogP contribution in [0.25, 0.3) is 0 Å². The fourth-order valence-corrected chi connectivity index (χ4v) is 1.78. The van der Waals surface area contributed by atoms with Crippen molar-refractivity contribution in [2.24, 2.45) is 11.1 Å². The summed E-state index contributed by atoms with van der Waals surface area (Å²) in [6, 6.07) is -1.41. The van der Waals surface area contributed by atoms with Gasteiger partial charge in [0.05, 0.1) is 12.0 Å². The van der Waals surface area contributed by atoms with Crippen molar-refractivity contribution < 1.29 is 24.2 Å². The number of rotatable bonds is 6. The highest BCUT2D eigenvalue weighted by atomic mass is 16.5. The summed E-state index contributed by atoms with van der Waals surface area (Å²) in [5, 5.41) is 11.5. The number of amides is 1. The van der Waals surface area contributed by atoms with E-state index in [2.05, 4.69) is 10.1 Å². The normalized spacial score (nSPS) is 18.3. The molecule has 1 aliphatic rings. The van der Waals surface area contributed by atoms with Gasteiger partial charge in [-0.2, -0.15) is 0 Å². The first-order valence-corrected chi connectivity index (χ1v) is 5.86. The maximum absolute atomic E-state index is 11.5. The van der Waals surface area contributed by atoms with Crippen LogP contribution in [0.4, 0.5) is 0 Å². The maximum Gasteiger partial charge on any atom is 0.332 e. The van der Waals surface area contributed by atoms with Crippen LogP contribution in [0.2, 0.25) is 0 Å². The molecule has 1 rings (SSSR count). The molecule has 1 unspecified atom stereocenters. The third-order valence-corrected chi connectivity index (χ3v) is 3.19. The van der Waals surface area contributed by atoms with E-state index < -0.39 is 29.3 Å². The van der Waals surface area contributed by atoms with Gasteiger partial charge in [0.1, 0.15) is 0 Å². The summed E-state index contributed by atoms with van der Waals surface area (Å²) < 4.78 is 4.60. The highest BCUT2D eigenvalue weighted by molar-refractivity contribution is 6.01. The molecule has 1 saturated carbocycles. The molecule has 0 aliphatic heterocycles. The smallest absolute Gasteiger partial charge is 0.332 e. The Labute approximate surface area is 105 Å². The molecule has 0 aromatic carbocycles. The zero-order valence-electron chi connectivity index (χ0n) is 10.3. The van der Waals surface area contributed by atoms with Crippen molar-refractivity contribution in [3.63, 3.8) is 0 Å². The molecule has 0 radical (unpaired) electrons. The standard InChI is InChI=1S/C11H18N2O5/c1-2-18-9(15)7(12)8(14)13-6-11(10(16)17)4-3-5-11/h7H,2-6,12H2,1H3,(H,13,14)(H,16,17). The van der Waals surface area contributed by atoms with Crippen molar-refractivity contribution >= 4 is 17.8 Å². The van der Waals surface area contributed by atoms with Gasteiger partial charge in [-0.05, 0) is 19.8 Å². The molecule has 0 aromatic rings. The molecule has 0 aromatic heterocycles. The van der Waals surface area contributed by atoms with E-state index in [-0.39, 0.29) is 13.2 Å². The first-order chi connectivity index (χ1) is 8.43. The number of carboxylic acid groups (broad SMARTS) is 1. The van der Waals surface area contributed by atoms with Crippen molar-refractivity contribution in [2.75, 3.05) is 13.2 Å². The van der Waals surface area contributed by atoms with Gasteiger partial charge in [-0.15, -0.1) is 0 Å². The molecule has 18 heavy (non-hydrogen) atoms. The molecule has 0 spiro atoms. The topological polar surface area (TPSA) is 119 Å². The van der Waals surface area contributed by atoms with Gasteiger partial charge in [-0.1, -0.05) is 6.42 Å². The molecule has 7 nitrogen and oxygen atoms in total. The first-order valence-electron chi connectivity index (χ1n) is 5.86. The highest BCUT2D eigenvalue weighted by Gasteiger charge is 2.44. The number of carboxylic acids is 1. The van der Waals surface area contributed by atoms with Gasteiger partial charge in [0, 0.05) is 6.54 Å². The van der Waals surface area contributed by atoms with Crippen LogP contribution in [0, 0.1) is 5.41 Å². The average Bonchev–Trinajstić information content (AvgIpc) is 2.26. The van der Waals surface area contributed by atoms with Crippen molar-refractivity contribution in [2.45, 2.75) is 32.2 Å². The summed E-state index contributed by atoms with van der Waals surface area (Å²) in [7, 11) is 0. The predicted octanol–water partition coefficient (Wildman–Crippen LogP) is -0.752. The average molecular weight is 258 g/mol. The summed E-state index contributed by atoms with van der Waals surface area (Å²) in [6.07, 6.45) is 1.88. The summed E-state index contributed by atoms with van der Waals surface area (Å²) in [6.45, 7) is 1.74. The number of aliphatic carboxylic acids is 1. The van der Waals surface area contributed by atoms with Crippen LogP contribution < -0.4 is 11.1 Å². The lowest BCUT2D eigenvalue weighted by molar-refractivity contribution is -0.154. The van der Waals surface area contributed by atoms with Gasteiger partial charge in [-0.3, -0.25) is 9.59 Å². The fraction of sp³-hybridized carbons (Fsp3) is 0.727. The number of hydrogen-bond donors (Lipinski definition) is 3. The van der Waals surface area contributed by atoms with E-state index in [1.807, 2.05) is 0 Å². The van der Waals surface area contributed by atoms with E-state index in [1.54, 1.807) is 6.92 Å². The maximum atomic E-state index is 11.5. The highest BCUT2D eigenvalue weighted by Crippen LogP contribution is 2.40. The summed E-state index contributed by atoms with van der Waals surface area (Å²) in [5.74, 6) is -2.45. The van der Waals surface area contributed by atoms with Gasteiger partial charge in [-0.25, -0.2) is 4.79 Å². The largest absolute Gasteiger partial charge is 0.481 e. The second-order valence-electron chi connectivity index (χ2n) is 4.39. The minimum atomic E-state index is -1.41. The van der Waals surface area contributed by atoms with Gasteiger partial charge in [0.15, 0.2) is 6.04 Å². The van der Waals surface area contributed by atoms with E-state index in [1.165, 1.54) is 0 Å². The van der Waals surface area contributed by atoms with Gasteiger partial charge in [0.25, 0.3) is 0 Å². The number of nitrogens with one attached hydrogen (secondary N) is 1. The Kier molecular flexibility index (Phi) is 4.66. The molecule has 1 fully saturated rings. The van der Waals surface area contributed by atoms with E-state index in [9.17, 15) is 14.4 Å². The monoisotopic (exact) mass is 258 g/mol. The van der Waals surface area contributed by atoms with Crippen LogP contribution in [-0.4, -0.2) is 42.1 Å². The van der Waals surface area contributed by atoms with E-state index in [0.29, 0.717) is 12.8 Å². The summed E-state index contributed by atoms with van der Waals surface area (Å²) in [4.78, 5) is 33.8. The Morgan fingerprint density at radius 1 is 1.44 bits per heavy atom. The number of ether oxygens (including phenoxy) is 1. The minimum absolute atomic E-state index is 0.00568. The molecule has 1 aliphatic carbocycles. The van der Waals surface area contributed by atoms with Gasteiger partial charge in [0.2, 0.25) is 5.91 Å². The number of carbonyl (C=O) groups is 3. The number of hydrogen-bond acceptors (Lipinski definition) is 5. The molecule has 0 bridgehead atoms. The zero-order chi connectivity index (χ0) is 13.8. The lowest BCUT2D eigenvalue weighted by Gasteiger charge is -2.37. The van der Waals surface area contributed by atoms with Crippen LogP contribution in [0.5, 0.6) is 0 Å². The van der Waals surface area contributed by atoms with E-state index in [4.69, 9.17) is 10.8 Å². The number of esters is 1. The van der Waals surface area contributed by atoms with E-state index >= 15 is 0 Å². The quantitative estimate of drug-likeness (QED) is 0.426. The van der Waals surface area contributed by atoms with Crippen LogP contribution >= 0.6 is 0 Å². The van der Waals surface area contributed by atoms with E-state index in [0.717, 1.165) is 6.42 Å². The second-order valence-corrected chi connectivity index (χ2v) is 4.39. The molecular weight excluding hydrogens is 240 g/mol. The van der Waals surface area contributed by atoms with Crippen LogP contribution in [0.3, 0.4) is 0 Å². The lowest BCUT2D eigenvalue weighted by Crippen LogP contribution is -2.53. The van der Waals surface area contributed by atoms with Crippen molar-refractivity contribution in [3.05, 3.63) is 0 Å². The Morgan fingerprint density at radius 2 is 2.06 bits per heavy atom. The summed E-state index contributed by atoms with van der Waals surface area (Å²) in [5.41, 5.74) is 4.48. The Balaban J connectivity index is 2.45. The molecule has 7 heteroatoms. The zero-order valence-corrected chi connectivity index (χ0v) is 10.3. The molecule has 0 heterocycles. The van der Waals surface area contributed by atoms with Crippen molar-refractivity contribution in [1.29, 1.82) is 0 Å². The minimum Gasteiger partial charge on any atom is -0.481 e. The number of carbonyl (C=O) groups excluding carboxylic acids is 2. The summed E-state index contributed by atoms with van der Waals surface area (Å²) >= 11 is 0. The molecule has 102 valence electrons. The van der Waals surface area contributed by atoms with Gasteiger partial charge >= 0.3 is 11.9 Å². The van der Waals surface area contributed by atoms with Crippen molar-refractivity contribution in [3.8, 4) is 0 Å². The third kappa shape index (κ3) is 2.98. The van der Waals surface area contributed by atoms with Crippen LogP contribution in [-0.2, 0) is 19.1 Å². The van der Waals surface area contributed by atoms with Gasteiger partial charge < -0.3 is 20.9 Å². The molecule has 1 atom stereocenters. The fourth-order valence-electron chi connectivity index (χ4n) is 1.78. The predicted molar refractivity (Wildman–Crippen MR) is 61.5 cm³/mol. The number of nitrogens with two attached hydrogens (primary N) is 1. The Hall–Kier alpha value is -1.63. The second kappa shape index (κ2) is 5.81. The van der Waals surface area contributed by atoms with Crippen molar-refractivity contribution in [1.82, 2.24) is 5.32 Å². The lowest BCUT2D eigenvalue weighted by atomic mass is 9.69. The Bertz CT molecular complexity index is 351.